The first-order valence-electron chi connectivity index (χ1n) is 9.33. The smallest absolute Gasteiger partial charge is 0.258 e. The highest BCUT2D eigenvalue weighted by Crippen LogP contribution is 2.23. The van der Waals surface area contributed by atoms with Crippen LogP contribution < -0.4 is 15.5 Å². The summed E-state index contributed by atoms with van der Waals surface area (Å²) in [7, 11) is 0. The van der Waals surface area contributed by atoms with E-state index in [1.54, 1.807) is 30.5 Å². The molecule has 0 saturated carbocycles. The Morgan fingerprint density at radius 2 is 1.64 bits per heavy atom. The van der Waals surface area contributed by atoms with Gasteiger partial charge >= 0.3 is 0 Å². The monoisotopic (exact) mass is 376 g/mol. The lowest BCUT2D eigenvalue weighted by Crippen LogP contribution is -2.17. The van der Waals surface area contributed by atoms with Crippen molar-refractivity contribution in [3.63, 3.8) is 0 Å². The molecule has 6 heteroatoms. The van der Waals surface area contributed by atoms with E-state index >= 15 is 0 Å². The molecule has 1 saturated heterocycles. The zero-order chi connectivity index (χ0) is 19.3. The Bertz CT molecular complexity index is 951. The van der Waals surface area contributed by atoms with Gasteiger partial charge in [0.1, 0.15) is 11.6 Å². The lowest BCUT2D eigenvalue weighted by molar-refractivity contribution is 0.102. The standard InChI is InChI=1S/C22H21FN4O/c23-20-6-2-1-5-19(20)22(28)26-17-9-12-21(24-15-17)25-16-7-10-18(11-8-16)27-13-3-4-14-27/h1-2,5-12,15H,3-4,13-14H2,(H,24,25)(H,26,28). The van der Waals surface area contributed by atoms with Crippen molar-refractivity contribution in [1.82, 2.24) is 4.98 Å². The molecule has 1 aromatic heterocycles. The van der Waals surface area contributed by atoms with E-state index in [0.29, 0.717) is 11.5 Å². The highest BCUT2D eigenvalue weighted by molar-refractivity contribution is 6.04. The summed E-state index contributed by atoms with van der Waals surface area (Å²) in [5, 5.41) is 5.89. The molecule has 2 heterocycles. The number of amides is 1. The van der Waals surface area contributed by atoms with Crippen LogP contribution >= 0.6 is 0 Å². The number of rotatable bonds is 5. The second-order valence-electron chi connectivity index (χ2n) is 6.73. The molecule has 1 fully saturated rings. The molecule has 0 radical (unpaired) electrons. The summed E-state index contributed by atoms with van der Waals surface area (Å²) in [5.74, 6) is -0.389. The number of nitrogens with one attached hydrogen (secondary N) is 2. The Morgan fingerprint density at radius 1 is 0.929 bits per heavy atom. The van der Waals surface area contributed by atoms with Crippen LogP contribution in [0.4, 0.5) is 27.3 Å². The Morgan fingerprint density at radius 3 is 2.32 bits per heavy atom. The molecule has 0 aliphatic carbocycles. The number of pyridine rings is 1. The maximum absolute atomic E-state index is 13.7. The SMILES string of the molecule is O=C(Nc1ccc(Nc2ccc(N3CCCC3)cc2)nc1)c1ccccc1F. The largest absolute Gasteiger partial charge is 0.372 e. The number of halogens is 1. The number of hydrogen-bond acceptors (Lipinski definition) is 4. The molecule has 2 N–H and O–H groups in total. The number of carbonyl (C=O) groups is 1. The van der Waals surface area contributed by atoms with Gasteiger partial charge in [-0.25, -0.2) is 9.37 Å². The van der Waals surface area contributed by atoms with E-state index in [1.807, 2.05) is 12.1 Å². The molecule has 5 nitrogen and oxygen atoms in total. The van der Waals surface area contributed by atoms with Gasteiger partial charge in [-0.3, -0.25) is 4.79 Å². The normalized spacial score (nSPS) is 13.4. The van der Waals surface area contributed by atoms with Gasteiger partial charge in [-0.2, -0.15) is 0 Å². The highest BCUT2D eigenvalue weighted by atomic mass is 19.1. The van der Waals surface area contributed by atoms with Crippen molar-refractivity contribution in [3.8, 4) is 0 Å². The van der Waals surface area contributed by atoms with Crippen LogP contribution in [-0.4, -0.2) is 24.0 Å². The fraction of sp³-hybridized carbons (Fsp3) is 0.182. The van der Waals surface area contributed by atoms with E-state index in [1.165, 1.54) is 30.7 Å². The molecule has 4 rings (SSSR count). The van der Waals surface area contributed by atoms with Crippen molar-refractivity contribution in [1.29, 1.82) is 0 Å². The van der Waals surface area contributed by atoms with Crippen molar-refractivity contribution < 1.29 is 9.18 Å². The zero-order valence-corrected chi connectivity index (χ0v) is 15.4. The van der Waals surface area contributed by atoms with E-state index in [2.05, 4.69) is 32.7 Å². The van der Waals surface area contributed by atoms with Gasteiger partial charge < -0.3 is 15.5 Å². The molecule has 0 spiro atoms. The third kappa shape index (κ3) is 4.11. The summed E-state index contributed by atoms with van der Waals surface area (Å²) in [5.41, 5.74) is 2.69. The number of nitrogens with zero attached hydrogens (tertiary/aromatic N) is 2. The average Bonchev–Trinajstić information content (AvgIpc) is 3.25. The first-order chi connectivity index (χ1) is 13.7. The van der Waals surface area contributed by atoms with Gasteiger partial charge in [0.25, 0.3) is 5.91 Å². The van der Waals surface area contributed by atoms with E-state index in [0.717, 1.165) is 18.8 Å². The maximum Gasteiger partial charge on any atom is 0.258 e. The summed E-state index contributed by atoms with van der Waals surface area (Å²) in [4.78, 5) is 18.9. The lowest BCUT2D eigenvalue weighted by atomic mass is 10.2. The molecule has 0 atom stereocenters. The minimum atomic E-state index is -0.552. The quantitative estimate of drug-likeness (QED) is 0.670. The van der Waals surface area contributed by atoms with Crippen LogP contribution in [-0.2, 0) is 0 Å². The molecule has 3 aromatic rings. The van der Waals surface area contributed by atoms with Gasteiger partial charge in [0.05, 0.1) is 17.4 Å². The third-order valence-corrected chi connectivity index (χ3v) is 4.75. The summed E-state index contributed by atoms with van der Waals surface area (Å²) < 4.78 is 13.7. The van der Waals surface area contributed by atoms with Gasteiger partial charge in [0, 0.05) is 24.5 Å². The Labute approximate surface area is 163 Å². The van der Waals surface area contributed by atoms with E-state index in [-0.39, 0.29) is 5.56 Å². The predicted molar refractivity (Wildman–Crippen MR) is 110 cm³/mol. The van der Waals surface area contributed by atoms with Crippen molar-refractivity contribution >= 4 is 28.8 Å². The molecular weight excluding hydrogens is 355 g/mol. The molecule has 142 valence electrons. The maximum atomic E-state index is 13.7. The Kier molecular flexibility index (Phi) is 5.19. The van der Waals surface area contributed by atoms with Gasteiger partial charge in [0.15, 0.2) is 0 Å². The van der Waals surface area contributed by atoms with Crippen molar-refractivity contribution in [2.75, 3.05) is 28.6 Å². The third-order valence-electron chi connectivity index (χ3n) is 4.75. The first kappa shape index (κ1) is 18.0. The van der Waals surface area contributed by atoms with E-state index in [9.17, 15) is 9.18 Å². The van der Waals surface area contributed by atoms with Gasteiger partial charge in [-0.1, -0.05) is 12.1 Å². The van der Waals surface area contributed by atoms with Crippen LogP contribution in [0.15, 0.2) is 66.9 Å². The molecule has 0 unspecified atom stereocenters. The molecule has 0 bridgehead atoms. The fourth-order valence-corrected chi connectivity index (χ4v) is 3.26. The lowest BCUT2D eigenvalue weighted by Gasteiger charge is -2.17. The van der Waals surface area contributed by atoms with Crippen LogP contribution in [0.25, 0.3) is 0 Å². The predicted octanol–water partition coefficient (Wildman–Crippen LogP) is 4.82. The fourth-order valence-electron chi connectivity index (χ4n) is 3.26. The Hall–Kier alpha value is -3.41. The zero-order valence-electron chi connectivity index (χ0n) is 15.4. The summed E-state index contributed by atoms with van der Waals surface area (Å²) in [6.45, 7) is 2.24. The number of carbonyl (C=O) groups excluding carboxylic acids is 1. The van der Waals surface area contributed by atoms with Crippen LogP contribution in [0.1, 0.15) is 23.2 Å². The molecule has 1 aliphatic rings. The van der Waals surface area contributed by atoms with Gasteiger partial charge in [-0.15, -0.1) is 0 Å². The second-order valence-corrected chi connectivity index (χ2v) is 6.73. The second kappa shape index (κ2) is 8.08. The number of aromatic nitrogens is 1. The molecular formula is C22H21FN4O. The van der Waals surface area contributed by atoms with Gasteiger partial charge in [-0.05, 0) is 61.4 Å². The van der Waals surface area contributed by atoms with Crippen LogP contribution in [0.3, 0.4) is 0 Å². The van der Waals surface area contributed by atoms with Crippen LogP contribution in [0.2, 0.25) is 0 Å². The van der Waals surface area contributed by atoms with Crippen LogP contribution in [0, 0.1) is 5.82 Å². The van der Waals surface area contributed by atoms with Crippen molar-refractivity contribution in [3.05, 3.63) is 78.2 Å². The first-order valence-corrected chi connectivity index (χ1v) is 9.33. The number of anilines is 4. The van der Waals surface area contributed by atoms with E-state index in [4.69, 9.17) is 0 Å². The summed E-state index contributed by atoms with van der Waals surface area (Å²) >= 11 is 0. The number of hydrogen-bond donors (Lipinski definition) is 2. The number of benzene rings is 2. The summed E-state index contributed by atoms with van der Waals surface area (Å²) in [6, 6.07) is 17.6. The highest BCUT2D eigenvalue weighted by Gasteiger charge is 2.12. The molecule has 2 aromatic carbocycles. The molecule has 28 heavy (non-hydrogen) atoms. The molecule has 1 amide bonds. The van der Waals surface area contributed by atoms with Crippen LogP contribution in [0.5, 0.6) is 0 Å². The minimum absolute atomic E-state index is 0.00259. The van der Waals surface area contributed by atoms with Gasteiger partial charge in [0.2, 0.25) is 0 Å². The molecule has 1 aliphatic heterocycles. The summed E-state index contributed by atoms with van der Waals surface area (Å²) in [6.07, 6.45) is 4.05. The Balaban J connectivity index is 1.38. The topological polar surface area (TPSA) is 57.3 Å². The van der Waals surface area contributed by atoms with E-state index < -0.39 is 11.7 Å². The average molecular weight is 376 g/mol. The minimum Gasteiger partial charge on any atom is -0.372 e. The van der Waals surface area contributed by atoms with Crippen molar-refractivity contribution in [2.45, 2.75) is 12.8 Å². The van der Waals surface area contributed by atoms with Crippen molar-refractivity contribution in [2.24, 2.45) is 0 Å².